The second kappa shape index (κ2) is 6.61. The molecule has 0 aliphatic carbocycles. The summed E-state index contributed by atoms with van der Waals surface area (Å²) in [6, 6.07) is 21.0. The van der Waals surface area contributed by atoms with Crippen molar-refractivity contribution in [3.63, 3.8) is 0 Å². The first-order chi connectivity index (χ1) is 11.5. The highest BCUT2D eigenvalue weighted by Crippen LogP contribution is 2.48. The SMILES string of the molecule is CC(c1ccccc1)(c1cccc(Br)c1O)c1cccc(Br)c1O. The number of hydrogen-bond donors (Lipinski definition) is 2. The first-order valence-corrected chi connectivity index (χ1v) is 9.06. The van der Waals surface area contributed by atoms with Crippen LogP contribution in [0.3, 0.4) is 0 Å². The Morgan fingerprint density at radius 1 is 0.667 bits per heavy atom. The summed E-state index contributed by atoms with van der Waals surface area (Å²) in [5.41, 5.74) is 1.70. The number of aromatic hydroxyl groups is 2. The molecule has 2 nitrogen and oxygen atoms in total. The Hall–Kier alpha value is -1.78. The van der Waals surface area contributed by atoms with Crippen LogP contribution in [0.15, 0.2) is 75.7 Å². The third-order valence-corrected chi connectivity index (χ3v) is 5.68. The Morgan fingerprint density at radius 2 is 1.12 bits per heavy atom. The van der Waals surface area contributed by atoms with Gasteiger partial charge >= 0.3 is 0 Å². The maximum Gasteiger partial charge on any atom is 0.134 e. The van der Waals surface area contributed by atoms with E-state index in [1.165, 1.54) is 0 Å². The van der Waals surface area contributed by atoms with Gasteiger partial charge in [0.05, 0.1) is 8.95 Å². The third-order valence-electron chi connectivity index (χ3n) is 4.40. The Bertz CT molecular complexity index is 825. The van der Waals surface area contributed by atoms with E-state index < -0.39 is 5.41 Å². The number of para-hydroxylation sites is 2. The molecule has 122 valence electrons. The summed E-state index contributed by atoms with van der Waals surface area (Å²) in [7, 11) is 0. The second-order valence-electron chi connectivity index (χ2n) is 5.76. The van der Waals surface area contributed by atoms with Gasteiger partial charge in [-0.2, -0.15) is 0 Å². The van der Waals surface area contributed by atoms with Crippen molar-refractivity contribution in [2.24, 2.45) is 0 Å². The van der Waals surface area contributed by atoms with E-state index >= 15 is 0 Å². The number of benzene rings is 3. The molecule has 2 N–H and O–H groups in total. The summed E-state index contributed by atoms with van der Waals surface area (Å²) < 4.78 is 1.24. The minimum atomic E-state index is -0.719. The van der Waals surface area contributed by atoms with Crippen molar-refractivity contribution in [3.8, 4) is 11.5 Å². The highest BCUT2D eigenvalue weighted by molar-refractivity contribution is 9.10. The molecule has 24 heavy (non-hydrogen) atoms. The van der Waals surface area contributed by atoms with E-state index in [1.54, 1.807) is 12.1 Å². The van der Waals surface area contributed by atoms with E-state index in [0.717, 1.165) is 16.7 Å². The molecule has 0 bridgehead atoms. The maximum absolute atomic E-state index is 10.7. The van der Waals surface area contributed by atoms with Gasteiger partial charge in [0.1, 0.15) is 11.5 Å². The van der Waals surface area contributed by atoms with Crippen LogP contribution in [0.2, 0.25) is 0 Å². The number of rotatable bonds is 3. The fourth-order valence-corrected chi connectivity index (χ4v) is 3.80. The van der Waals surface area contributed by atoms with Crippen LogP contribution in [0.25, 0.3) is 0 Å². The van der Waals surface area contributed by atoms with E-state index in [2.05, 4.69) is 31.9 Å². The smallest absolute Gasteiger partial charge is 0.134 e. The van der Waals surface area contributed by atoms with E-state index in [9.17, 15) is 10.2 Å². The molecule has 3 rings (SSSR count). The lowest BCUT2D eigenvalue weighted by atomic mass is 9.70. The normalized spacial score (nSPS) is 11.5. The Kier molecular flexibility index (Phi) is 4.70. The number of hydrogen-bond acceptors (Lipinski definition) is 2. The second-order valence-corrected chi connectivity index (χ2v) is 7.47. The van der Waals surface area contributed by atoms with Crippen molar-refractivity contribution >= 4 is 31.9 Å². The fourth-order valence-electron chi connectivity index (χ4n) is 3.07. The molecule has 0 saturated heterocycles. The lowest BCUT2D eigenvalue weighted by molar-refractivity contribution is 0.438. The van der Waals surface area contributed by atoms with Gasteiger partial charge in [0, 0.05) is 16.5 Å². The molecule has 0 aliphatic rings. The maximum atomic E-state index is 10.7. The summed E-state index contributed by atoms with van der Waals surface area (Å²) in [6.07, 6.45) is 0. The first-order valence-electron chi connectivity index (χ1n) is 7.47. The summed E-state index contributed by atoms with van der Waals surface area (Å²) in [4.78, 5) is 0. The van der Waals surface area contributed by atoms with Gasteiger partial charge in [-0.15, -0.1) is 0 Å². The third kappa shape index (κ3) is 2.74. The highest BCUT2D eigenvalue weighted by Gasteiger charge is 2.36. The van der Waals surface area contributed by atoms with Gasteiger partial charge in [0.25, 0.3) is 0 Å². The fraction of sp³-hybridized carbons (Fsp3) is 0.100. The quantitative estimate of drug-likeness (QED) is 0.485. The van der Waals surface area contributed by atoms with Crippen LogP contribution in [0.4, 0.5) is 0 Å². The molecule has 0 atom stereocenters. The minimum absolute atomic E-state index is 0.170. The van der Waals surface area contributed by atoms with Crippen LogP contribution in [-0.4, -0.2) is 10.2 Å². The zero-order valence-electron chi connectivity index (χ0n) is 13.0. The van der Waals surface area contributed by atoms with Gasteiger partial charge in [-0.1, -0.05) is 54.6 Å². The van der Waals surface area contributed by atoms with Crippen molar-refractivity contribution in [2.75, 3.05) is 0 Å². The standard InChI is InChI=1S/C20H16Br2O2/c1-20(13-7-3-2-4-8-13,14-9-5-11-16(21)18(14)23)15-10-6-12-17(22)19(15)24/h2-12,23-24H,1H3. The predicted molar refractivity (Wildman–Crippen MR) is 104 cm³/mol. The van der Waals surface area contributed by atoms with Crippen molar-refractivity contribution in [1.82, 2.24) is 0 Å². The monoisotopic (exact) mass is 446 g/mol. The van der Waals surface area contributed by atoms with E-state index in [-0.39, 0.29) is 11.5 Å². The first kappa shape index (κ1) is 17.1. The molecule has 0 heterocycles. The molecule has 4 heteroatoms. The van der Waals surface area contributed by atoms with Crippen LogP contribution in [0.1, 0.15) is 23.6 Å². The Balaban J connectivity index is 2.38. The molecule has 0 fully saturated rings. The summed E-state index contributed by atoms with van der Waals surface area (Å²) in [6.45, 7) is 2.01. The lowest BCUT2D eigenvalue weighted by Gasteiger charge is -2.33. The summed E-state index contributed by atoms with van der Waals surface area (Å²) >= 11 is 6.79. The molecule has 0 radical (unpaired) electrons. The molecular weight excluding hydrogens is 432 g/mol. The predicted octanol–water partition coefficient (Wildman–Crippen LogP) is 5.98. The zero-order chi connectivity index (χ0) is 17.3. The molecule has 0 amide bonds. The largest absolute Gasteiger partial charge is 0.506 e. The van der Waals surface area contributed by atoms with Crippen molar-refractivity contribution in [3.05, 3.63) is 92.4 Å². The van der Waals surface area contributed by atoms with E-state index in [0.29, 0.717) is 8.95 Å². The van der Waals surface area contributed by atoms with Crippen LogP contribution in [0, 0.1) is 0 Å². The van der Waals surface area contributed by atoms with Crippen molar-refractivity contribution in [1.29, 1.82) is 0 Å². The molecule has 0 aromatic heterocycles. The Labute approximate surface area is 158 Å². The van der Waals surface area contributed by atoms with Gasteiger partial charge in [-0.05, 0) is 56.5 Å². The Morgan fingerprint density at radius 3 is 1.58 bits per heavy atom. The van der Waals surface area contributed by atoms with Gasteiger partial charge in [-0.3, -0.25) is 0 Å². The summed E-state index contributed by atoms with van der Waals surface area (Å²) in [5, 5.41) is 21.4. The number of phenolic OH excluding ortho intramolecular Hbond substituents is 2. The highest BCUT2D eigenvalue weighted by atomic mass is 79.9. The molecule has 0 saturated carbocycles. The molecule has 3 aromatic rings. The molecule has 3 aromatic carbocycles. The van der Waals surface area contributed by atoms with Crippen LogP contribution in [0.5, 0.6) is 11.5 Å². The van der Waals surface area contributed by atoms with Crippen LogP contribution < -0.4 is 0 Å². The number of phenols is 2. The number of halogens is 2. The van der Waals surface area contributed by atoms with Crippen LogP contribution >= 0.6 is 31.9 Å². The van der Waals surface area contributed by atoms with E-state index in [4.69, 9.17) is 0 Å². The van der Waals surface area contributed by atoms with Gasteiger partial charge < -0.3 is 10.2 Å². The molecular formula is C20H16Br2O2. The topological polar surface area (TPSA) is 40.5 Å². The van der Waals surface area contributed by atoms with Gasteiger partial charge in [0.2, 0.25) is 0 Å². The molecule has 0 unspecified atom stereocenters. The zero-order valence-corrected chi connectivity index (χ0v) is 16.2. The molecule has 0 aliphatic heterocycles. The summed E-state index contributed by atoms with van der Waals surface area (Å²) in [5.74, 6) is 0.339. The average molecular weight is 448 g/mol. The average Bonchev–Trinajstić information content (AvgIpc) is 2.60. The lowest BCUT2D eigenvalue weighted by Crippen LogP contribution is -2.25. The van der Waals surface area contributed by atoms with E-state index in [1.807, 2.05) is 61.5 Å². The van der Waals surface area contributed by atoms with Gasteiger partial charge in [0.15, 0.2) is 0 Å². The minimum Gasteiger partial charge on any atom is -0.506 e. The van der Waals surface area contributed by atoms with Crippen molar-refractivity contribution in [2.45, 2.75) is 12.3 Å². The van der Waals surface area contributed by atoms with Crippen LogP contribution in [-0.2, 0) is 5.41 Å². The van der Waals surface area contributed by atoms with Crippen molar-refractivity contribution < 1.29 is 10.2 Å². The molecule has 0 spiro atoms. The van der Waals surface area contributed by atoms with Gasteiger partial charge in [-0.25, -0.2) is 0 Å².